The lowest BCUT2D eigenvalue weighted by atomic mass is 9.41. The predicted molar refractivity (Wildman–Crippen MR) is 134 cm³/mol. The van der Waals surface area contributed by atoms with Crippen LogP contribution in [0, 0.1) is 50.7 Å². The van der Waals surface area contributed by atoms with Crippen molar-refractivity contribution in [3.05, 3.63) is 11.6 Å². The van der Waals surface area contributed by atoms with Crippen LogP contribution in [0.4, 0.5) is 0 Å². The molecule has 0 unspecified atom stereocenters. The fraction of sp³-hybridized carbons (Fsp3) is 0.900. The first-order valence-corrected chi connectivity index (χ1v) is 14.0. The van der Waals surface area contributed by atoms with Crippen LogP contribution in [0.25, 0.3) is 0 Å². The maximum atomic E-state index is 11.7. The summed E-state index contributed by atoms with van der Waals surface area (Å²) in [6.45, 7) is 13.6. The van der Waals surface area contributed by atoms with Gasteiger partial charge in [-0.2, -0.15) is 0 Å². The van der Waals surface area contributed by atoms with Crippen LogP contribution in [0.5, 0.6) is 0 Å². The Morgan fingerprint density at radius 3 is 2.29 bits per heavy atom. The topological polar surface area (TPSA) is 77.8 Å². The summed E-state index contributed by atoms with van der Waals surface area (Å²) in [5.74, 6) is 1.34. The van der Waals surface area contributed by atoms with Crippen LogP contribution in [0.3, 0.4) is 0 Å². The number of carboxylic acid groups (broad SMARTS) is 1. The lowest BCUT2D eigenvalue weighted by Crippen LogP contribution is -2.59. The Labute approximate surface area is 206 Å². The molecule has 10 atom stereocenters. The quantitative estimate of drug-likeness (QED) is 0.416. The van der Waals surface area contributed by atoms with Crippen LogP contribution in [-0.4, -0.2) is 33.5 Å². The summed E-state index contributed by atoms with van der Waals surface area (Å²) in [5.41, 5.74) is 1.29. The molecule has 3 N–H and O–H groups in total. The summed E-state index contributed by atoms with van der Waals surface area (Å²) in [6.07, 6.45) is 12.5. The maximum absolute atomic E-state index is 11.7. The molecule has 0 saturated heterocycles. The highest BCUT2D eigenvalue weighted by molar-refractivity contribution is 5.85. The molecule has 0 aromatic heterocycles. The van der Waals surface area contributed by atoms with E-state index < -0.39 is 5.97 Å². The fourth-order valence-corrected chi connectivity index (χ4v) is 11.1. The van der Waals surface area contributed by atoms with Gasteiger partial charge in [0.1, 0.15) is 0 Å². The van der Waals surface area contributed by atoms with Crippen molar-refractivity contribution in [1.82, 2.24) is 0 Å². The Hall–Kier alpha value is -0.870. The Balaban J connectivity index is 1.40. The van der Waals surface area contributed by atoms with Gasteiger partial charge in [0.25, 0.3) is 0 Å². The van der Waals surface area contributed by atoms with Gasteiger partial charge in [-0.05, 0) is 116 Å². The minimum Gasteiger partial charge on any atom is -0.478 e. The molecule has 0 heterocycles. The Morgan fingerprint density at radius 1 is 0.971 bits per heavy atom. The molecule has 0 aromatic rings. The third-order valence-electron chi connectivity index (χ3n) is 13.3. The second-order valence-corrected chi connectivity index (χ2v) is 14.4. The average molecular weight is 473 g/mol. The van der Waals surface area contributed by atoms with Crippen molar-refractivity contribution in [3.8, 4) is 0 Å². The van der Waals surface area contributed by atoms with Crippen molar-refractivity contribution < 1.29 is 20.1 Å². The fourth-order valence-electron chi connectivity index (χ4n) is 11.1. The van der Waals surface area contributed by atoms with Crippen LogP contribution in [0.2, 0.25) is 0 Å². The molecular formula is C30H48O4. The van der Waals surface area contributed by atoms with Crippen LogP contribution in [0.1, 0.15) is 106 Å². The molecular weight excluding hydrogens is 424 g/mol. The van der Waals surface area contributed by atoms with Gasteiger partial charge < -0.3 is 15.3 Å². The minimum atomic E-state index is -0.826. The van der Waals surface area contributed by atoms with Crippen LogP contribution in [-0.2, 0) is 4.79 Å². The summed E-state index contributed by atoms with van der Waals surface area (Å²) in [6, 6.07) is 0. The zero-order valence-corrected chi connectivity index (χ0v) is 22.4. The summed E-state index contributed by atoms with van der Waals surface area (Å²) < 4.78 is 0. The van der Waals surface area contributed by atoms with E-state index in [0.29, 0.717) is 40.1 Å². The van der Waals surface area contributed by atoms with E-state index in [1.165, 1.54) is 38.5 Å². The molecule has 5 fully saturated rings. The molecule has 0 bridgehead atoms. The smallest absolute Gasteiger partial charge is 0.330 e. The van der Waals surface area contributed by atoms with Gasteiger partial charge in [0.15, 0.2) is 0 Å². The van der Waals surface area contributed by atoms with Crippen molar-refractivity contribution in [1.29, 1.82) is 0 Å². The highest BCUT2D eigenvalue weighted by Gasteiger charge is 2.83. The standard InChI is InChI=1S/C30H48O4/c1-18(8-7-9-19(2)25(33)34)20-16-24(32)28(6)22-11-10-21-26(3,4)23(31)12-13-29(21)17-30(22,29)15-14-27(20,28)5/h9,18,20-24,31-32H,7-8,10-17H2,1-6H3,(H,33,34)/b19-9+/t18-,20-,21+,22+,23-,24-,27-,28-,29-,30+/m1/s1. The molecule has 0 aliphatic heterocycles. The molecule has 5 aliphatic carbocycles. The number of allylic oxidation sites excluding steroid dienone is 1. The van der Waals surface area contributed by atoms with Crippen molar-refractivity contribution in [2.75, 3.05) is 0 Å². The van der Waals surface area contributed by atoms with Gasteiger partial charge in [0.2, 0.25) is 0 Å². The number of rotatable bonds is 5. The van der Waals surface area contributed by atoms with E-state index in [1.807, 2.05) is 6.08 Å². The van der Waals surface area contributed by atoms with Gasteiger partial charge in [0, 0.05) is 11.0 Å². The number of aliphatic carboxylic acids is 1. The van der Waals surface area contributed by atoms with Crippen LogP contribution < -0.4 is 0 Å². The lowest BCUT2D eigenvalue weighted by Gasteiger charge is -2.63. The van der Waals surface area contributed by atoms with Crippen molar-refractivity contribution in [2.24, 2.45) is 50.7 Å². The number of hydrogen-bond donors (Lipinski definition) is 3. The second-order valence-electron chi connectivity index (χ2n) is 14.4. The Morgan fingerprint density at radius 2 is 1.62 bits per heavy atom. The van der Waals surface area contributed by atoms with Gasteiger partial charge >= 0.3 is 5.97 Å². The first-order chi connectivity index (χ1) is 15.8. The van der Waals surface area contributed by atoms with Crippen molar-refractivity contribution >= 4 is 5.97 Å². The molecule has 0 amide bonds. The van der Waals surface area contributed by atoms with Crippen molar-refractivity contribution in [3.63, 3.8) is 0 Å². The monoisotopic (exact) mass is 472 g/mol. The SMILES string of the molecule is C/C(=C\CC[C@@H](C)[C@H]1C[C@@H](O)[C@@]2(C)[C@@H]3CC[C@H]4C(C)(C)[C@H](O)CC[C@@]45C[C@@]35CC[C@]12C)C(=O)O. The molecule has 2 spiro atoms. The van der Waals surface area contributed by atoms with E-state index in [2.05, 4.69) is 34.6 Å². The number of carboxylic acids is 1. The highest BCUT2D eigenvalue weighted by Crippen LogP contribution is 2.89. The second kappa shape index (κ2) is 7.57. The first-order valence-electron chi connectivity index (χ1n) is 14.0. The minimum absolute atomic E-state index is 0.00131. The summed E-state index contributed by atoms with van der Waals surface area (Å²) in [5, 5.41) is 31.8. The van der Waals surface area contributed by atoms with E-state index >= 15 is 0 Å². The number of fused-ring (bicyclic) bond motifs is 2. The van der Waals surface area contributed by atoms with Gasteiger partial charge in [0.05, 0.1) is 12.2 Å². The van der Waals surface area contributed by atoms with E-state index in [-0.39, 0.29) is 28.5 Å². The van der Waals surface area contributed by atoms with Gasteiger partial charge in [-0.3, -0.25) is 0 Å². The summed E-state index contributed by atoms with van der Waals surface area (Å²) >= 11 is 0. The molecule has 0 aromatic carbocycles. The molecule has 192 valence electrons. The summed E-state index contributed by atoms with van der Waals surface area (Å²) in [4.78, 5) is 11.2. The zero-order valence-electron chi connectivity index (χ0n) is 22.4. The van der Waals surface area contributed by atoms with Crippen molar-refractivity contribution in [2.45, 2.75) is 118 Å². The maximum Gasteiger partial charge on any atom is 0.330 e. The summed E-state index contributed by atoms with van der Waals surface area (Å²) in [7, 11) is 0. The molecule has 4 heteroatoms. The first kappa shape index (κ1) is 24.8. The van der Waals surface area contributed by atoms with Gasteiger partial charge in [-0.1, -0.05) is 40.7 Å². The number of carbonyl (C=O) groups is 1. The van der Waals surface area contributed by atoms with Crippen LogP contribution >= 0.6 is 0 Å². The van der Waals surface area contributed by atoms with E-state index in [0.717, 1.165) is 25.7 Å². The van der Waals surface area contributed by atoms with E-state index in [9.17, 15) is 20.1 Å². The molecule has 34 heavy (non-hydrogen) atoms. The molecule has 5 rings (SSSR count). The van der Waals surface area contributed by atoms with Gasteiger partial charge in [-0.15, -0.1) is 0 Å². The third kappa shape index (κ3) is 2.88. The van der Waals surface area contributed by atoms with E-state index in [1.54, 1.807) is 6.92 Å². The average Bonchev–Trinajstić information content (AvgIpc) is 3.39. The highest BCUT2D eigenvalue weighted by atomic mass is 16.4. The van der Waals surface area contributed by atoms with E-state index in [4.69, 9.17) is 0 Å². The number of hydrogen-bond acceptors (Lipinski definition) is 3. The molecule has 0 radical (unpaired) electrons. The molecule has 5 saturated carbocycles. The lowest BCUT2D eigenvalue weighted by molar-refractivity contribution is -0.181. The Bertz CT molecular complexity index is 892. The largest absolute Gasteiger partial charge is 0.478 e. The van der Waals surface area contributed by atoms with Gasteiger partial charge in [-0.25, -0.2) is 4.79 Å². The number of aliphatic hydroxyl groups excluding tert-OH is 2. The third-order valence-corrected chi connectivity index (χ3v) is 13.3. The molecule has 4 nitrogen and oxygen atoms in total. The number of aliphatic hydroxyl groups is 2. The van der Waals surface area contributed by atoms with Crippen LogP contribution in [0.15, 0.2) is 11.6 Å². The predicted octanol–water partition coefficient (Wildman–Crippen LogP) is 6.20. The zero-order chi connectivity index (χ0) is 24.9. The molecule has 5 aliphatic rings. The normalized spacial score (nSPS) is 52.1. The Kier molecular flexibility index (Phi) is 5.52.